The summed E-state index contributed by atoms with van der Waals surface area (Å²) in [5.41, 5.74) is 0.396. The normalized spacial score (nSPS) is 13.9. The summed E-state index contributed by atoms with van der Waals surface area (Å²) in [5.74, 6) is 1.11. The summed E-state index contributed by atoms with van der Waals surface area (Å²) in [7, 11) is 0. The fourth-order valence-corrected chi connectivity index (χ4v) is 2.47. The van der Waals surface area contributed by atoms with Crippen LogP contribution in [0.4, 0.5) is 0 Å². The molecular formula is C14H16N2O4. The minimum atomic E-state index is -1.08. The lowest BCUT2D eigenvalue weighted by molar-refractivity contribution is -0.145. The van der Waals surface area contributed by atoms with Crippen molar-refractivity contribution in [1.29, 1.82) is 0 Å². The summed E-state index contributed by atoms with van der Waals surface area (Å²) in [6.45, 7) is 5.47. The van der Waals surface area contributed by atoms with Crippen molar-refractivity contribution < 1.29 is 19.4 Å². The Morgan fingerprint density at radius 2 is 2.05 bits per heavy atom. The van der Waals surface area contributed by atoms with Crippen molar-refractivity contribution in [1.82, 2.24) is 9.55 Å². The molecule has 0 amide bonds. The van der Waals surface area contributed by atoms with E-state index in [-0.39, 0.29) is 6.79 Å². The van der Waals surface area contributed by atoms with Crippen molar-refractivity contribution in [3.05, 3.63) is 18.0 Å². The Labute approximate surface area is 115 Å². The number of carboxylic acids is 1. The average Bonchev–Trinajstić information content (AvgIpc) is 2.97. The Morgan fingerprint density at radius 3 is 2.65 bits per heavy atom. The molecule has 3 rings (SSSR count). The molecule has 0 aliphatic carbocycles. The van der Waals surface area contributed by atoms with Crippen LogP contribution in [-0.4, -0.2) is 27.4 Å². The maximum atomic E-state index is 11.6. The molecule has 6 heteroatoms. The molecule has 1 aromatic heterocycles. The van der Waals surface area contributed by atoms with E-state index >= 15 is 0 Å². The predicted molar refractivity (Wildman–Crippen MR) is 72.2 cm³/mol. The van der Waals surface area contributed by atoms with Crippen molar-refractivity contribution >= 4 is 17.0 Å². The number of hydrogen-bond acceptors (Lipinski definition) is 4. The minimum absolute atomic E-state index is 0.185. The zero-order chi connectivity index (χ0) is 14.5. The number of hydrogen-bond donors (Lipinski definition) is 1. The topological polar surface area (TPSA) is 73.6 Å². The number of aryl methyl sites for hydroxylation is 1. The number of carboxylic acid groups (broad SMARTS) is 1. The highest BCUT2D eigenvalue weighted by molar-refractivity contribution is 5.85. The van der Waals surface area contributed by atoms with Crippen LogP contribution in [0.5, 0.6) is 11.5 Å². The molecule has 1 aliphatic rings. The average molecular weight is 276 g/mol. The smallest absolute Gasteiger partial charge is 0.329 e. The van der Waals surface area contributed by atoms with Gasteiger partial charge in [0.05, 0.1) is 11.0 Å². The van der Waals surface area contributed by atoms with Crippen LogP contribution in [-0.2, 0) is 16.8 Å². The molecule has 2 heterocycles. The molecule has 0 bridgehead atoms. The molecule has 6 nitrogen and oxygen atoms in total. The summed E-state index contributed by atoms with van der Waals surface area (Å²) in [4.78, 5) is 16.1. The van der Waals surface area contributed by atoms with E-state index in [1.54, 1.807) is 30.5 Å². The van der Waals surface area contributed by atoms with Gasteiger partial charge in [0.25, 0.3) is 0 Å². The van der Waals surface area contributed by atoms with Gasteiger partial charge in [-0.2, -0.15) is 0 Å². The quantitative estimate of drug-likeness (QED) is 0.929. The molecule has 0 fully saturated rings. The molecule has 106 valence electrons. The van der Waals surface area contributed by atoms with Gasteiger partial charge in [0.1, 0.15) is 11.4 Å². The van der Waals surface area contributed by atoms with Gasteiger partial charge in [-0.3, -0.25) is 0 Å². The highest BCUT2D eigenvalue weighted by Gasteiger charge is 2.33. The second-order valence-corrected chi connectivity index (χ2v) is 5.28. The first-order chi connectivity index (χ1) is 9.45. The third kappa shape index (κ3) is 1.64. The van der Waals surface area contributed by atoms with Crippen LogP contribution in [0.15, 0.2) is 12.1 Å². The highest BCUT2D eigenvalue weighted by atomic mass is 16.7. The summed E-state index contributed by atoms with van der Waals surface area (Å²) in [6, 6.07) is 3.60. The zero-order valence-electron chi connectivity index (χ0n) is 11.6. The van der Waals surface area contributed by atoms with Gasteiger partial charge in [0.2, 0.25) is 6.79 Å². The summed E-state index contributed by atoms with van der Waals surface area (Å²) < 4.78 is 12.5. The van der Waals surface area contributed by atoms with E-state index in [2.05, 4.69) is 4.98 Å². The second-order valence-electron chi connectivity index (χ2n) is 5.28. The van der Waals surface area contributed by atoms with Gasteiger partial charge in [-0.25, -0.2) is 9.78 Å². The molecule has 1 N–H and O–H groups in total. The number of nitrogens with zero attached hydrogens (tertiary/aromatic N) is 2. The summed E-state index contributed by atoms with van der Waals surface area (Å²) >= 11 is 0. The zero-order valence-corrected chi connectivity index (χ0v) is 11.6. The third-order valence-corrected chi connectivity index (χ3v) is 3.62. The molecule has 2 aromatic rings. The fourth-order valence-electron chi connectivity index (χ4n) is 2.47. The number of imidazole rings is 1. The third-order valence-electron chi connectivity index (χ3n) is 3.62. The van der Waals surface area contributed by atoms with Gasteiger partial charge >= 0.3 is 5.97 Å². The van der Waals surface area contributed by atoms with E-state index in [1.807, 2.05) is 6.92 Å². The first-order valence-corrected chi connectivity index (χ1v) is 6.50. The number of benzene rings is 1. The van der Waals surface area contributed by atoms with Gasteiger partial charge in [-0.15, -0.1) is 0 Å². The summed E-state index contributed by atoms with van der Waals surface area (Å²) in [6.07, 6.45) is 0.651. The first kappa shape index (κ1) is 12.8. The first-order valence-electron chi connectivity index (χ1n) is 6.50. The molecule has 1 aromatic carbocycles. The lowest BCUT2D eigenvalue weighted by Gasteiger charge is -2.24. The molecule has 0 radical (unpaired) electrons. The van der Waals surface area contributed by atoms with Crippen LogP contribution >= 0.6 is 0 Å². The number of fused-ring (bicyclic) bond motifs is 2. The molecule has 0 spiro atoms. The standard InChI is InChI=1S/C14H16N2O4/c1-4-12-15-8-5-10-11(20-7-19-10)6-9(8)16(12)14(2,3)13(17)18/h5-6H,4,7H2,1-3H3,(H,17,18). The monoisotopic (exact) mass is 276 g/mol. The molecular weight excluding hydrogens is 260 g/mol. The van der Waals surface area contributed by atoms with Gasteiger partial charge in [-0.1, -0.05) is 6.92 Å². The van der Waals surface area contributed by atoms with E-state index in [9.17, 15) is 9.90 Å². The van der Waals surface area contributed by atoms with Crippen molar-refractivity contribution in [2.45, 2.75) is 32.7 Å². The van der Waals surface area contributed by atoms with Gasteiger partial charge in [0, 0.05) is 18.6 Å². The van der Waals surface area contributed by atoms with Gasteiger partial charge in [0.15, 0.2) is 11.5 Å². The Kier molecular flexibility index (Phi) is 2.64. The Hall–Kier alpha value is -2.24. The van der Waals surface area contributed by atoms with E-state index in [0.29, 0.717) is 17.9 Å². The van der Waals surface area contributed by atoms with Gasteiger partial charge in [-0.05, 0) is 13.8 Å². The molecule has 0 saturated heterocycles. The van der Waals surface area contributed by atoms with Crippen molar-refractivity contribution in [3.8, 4) is 11.5 Å². The maximum Gasteiger partial charge on any atom is 0.329 e. The lowest BCUT2D eigenvalue weighted by Crippen LogP contribution is -2.36. The van der Waals surface area contributed by atoms with Crippen LogP contribution in [0.1, 0.15) is 26.6 Å². The minimum Gasteiger partial charge on any atom is -0.480 e. The number of carbonyl (C=O) groups is 1. The van der Waals surface area contributed by atoms with E-state index in [4.69, 9.17) is 9.47 Å². The number of ether oxygens (including phenoxy) is 2. The van der Waals surface area contributed by atoms with Crippen molar-refractivity contribution in [3.63, 3.8) is 0 Å². The Balaban J connectivity index is 2.31. The number of aliphatic carboxylic acids is 1. The molecule has 20 heavy (non-hydrogen) atoms. The van der Waals surface area contributed by atoms with Gasteiger partial charge < -0.3 is 19.1 Å². The highest BCUT2D eigenvalue weighted by Crippen LogP contribution is 2.38. The molecule has 0 saturated carbocycles. The second kappa shape index (κ2) is 4.13. The van der Waals surface area contributed by atoms with Crippen molar-refractivity contribution in [2.75, 3.05) is 6.79 Å². The summed E-state index contributed by atoms with van der Waals surface area (Å²) in [5, 5.41) is 9.48. The van der Waals surface area contributed by atoms with E-state index in [1.165, 1.54) is 0 Å². The van der Waals surface area contributed by atoms with Crippen LogP contribution in [0.25, 0.3) is 11.0 Å². The van der Waals surface area contributed by atoms with Crippen LogP contribution < -0.4 is 9.47 Å². The lowest BCUT2D eigenvalue weighted by atomic mass is 10.0. The largest absolute Gasteiger partial charge is 0.480 e. The van der Waals surface area contributed by atoms with Crippen molar-refractivity contribution in [2.24, 2.45) is 0 Å². The van der Waals surface area contributed by atoms with E-state index < -0.39 is 11.5 Å². The SMILES string of the molecule is CCc1nc2cc3c(cc2n1C(C)(C)C(=O)O)OCO3. The Morgan fingerprint density at radius 1 is 1.40 bits per heavy atom. The predicted octanol–water partition coefficient (Wildman–Crippen LogP) is 2.15. The van der Waals surface area contributed by atoms with Crippen LogP contribution in [0.3, 0.4) is 0 Å². The van der Waals surface area contributed by atoms with Crippen LogP contribution in [0.2, 0.25) is 0 Å². The fraction of sp³-hybridized carbons (Fsp3) is 0.429. The Bertz CT molecular complexity index is 703. The number of aromatic nitrogens is 2. The molecule has 0 atom stereocenters. The molecule has 1 aliphatic heterocycles. The van der Waals surface area contributed by atoms with Crippen LogP contribution in [0, 0.1) is 0 Å². The number of rotatable bonds is 3. The maximum absolute atomic E-state index is 11.6. The van der Waals surface area contributed by atoms with E-state index in [0.717, 1.165) is 16.9 Å². The molecule has 0 unspecified atom stereocenters.